The van der Waals surface area contributed by atoms with Crippen LogP contribution in [0.3, 0.4) is 0 Å². The number of carbonyl (C=O) groups is 2. The van der Waals surface area contributed by atoms with Crippen LogP contribution in [0.2, 0.25) is 0 Å². The molecule has 16 heavy (non-hydrogen) atoms. The number of aliphatic carboxylic acids is 1. The third kappa shape index (κ3) is 2.31. The fourth-order valence-electron chi connectivity index (χ4n) is 2.18. The average Bonchev–Trinajstić information content (AvgIpc) is 2.20. The van der Waals surface area contributed by atoms with E-state index in [2.05, 4.69) is 0 Å². The maximum atomic E-state index is 12.1. The summed E-state index contributed by atoms with van der Waals surface area (Å²) < 4.78 is 24.3. The molecule has 0 heterocycles. The van der Waals surface area contributed by atoms with E-state index < -0.39 is 23.8 Å². The van der Waals surface area contributed by atoms with Crippen molar-refractivity contribution in [2.45, 2.75) is 44.6 Å². The lowest BCUT2D eigenvalue weighted by Crippen LogP contribution is -2.61. The quantitative estimate of drug-likeness (QED) is 0.777. The van der Waals surface area contributed by atoms with Crippen molar-refractivity contribution in [3.8, 4) is 0 Å². The lowest BCUT2D eigenvalue weighted by molar-refractivity contribution is -0.154. The number of amides is 1. The van der Waals surface area contributed by atoms with Crippen LogP contribution in [0.5, 0.6) is 0 Å². The van der Waals surface area contributed by atoms with E-state index in [1.54, 1.807) is 6.92 Å². The van der Waals surface area contributed by atoms with Crippen LogP contribution < -0.4 is 5.32 Å². The van der Waals surface area contributed by atoms with Crippen molar-refractivity contribution in [3.63, 3.8) is 0 Å². The minimum absolute atomic E-state index is 0.210. The number of halogens is 2. The number of carbonyl (C=O) groups excluding carboxylic acids is 1. The molecule has 0 radical (unpaired) electrons. The number of alkyl halides is 2. The van der Waals surface area contributed by atoms with E-state index in [9.17, 15) is 18.4 Å². The number of carboxylic acid groups (broad SMARTS) is 1. The molecule has 0 aromatic heterocycles. The van der Waals surface area contributed by atoms with Crippen molar-refractivity contribution in [2.75, 3.05) is 0 Å². The monoisotopic (exact) mass is 235 g/mol. The first-order valence-electron chi connectivity index (χ1n) is 5.23. The summed E-state index contributed by atoms with van der Waals surface area (Å²) in [4.78, 5) is 22.1. The van der Waals surface area contributed by atoms with Crippen LogP contribution in [0.25, 0.3) is 0 Å². The van der Waals surface area contributed by atoms with E-state index in [1.165, 1.54) is 0 Å². The van der Waals surface area contributed by atoms with Crippen molar-refractivity contribution in [1.82, 2.24) is 5.32 Å². The van der Waals surface area contributed by atoms with Crippen LogP contribution in [-0.2, 0) is 9.59 Å². The summed E-state index contributed by atoms with van der Waals surface area (Å²) in [6, 6.07) is 0. The molecule has 92 valence electrons. The Morgan fingerprint density at radius 2 is 2.06 bits per heavy atom. The molecule has 1 saturated carbocycles. The summed E-state index contributed by atoms with van der Waals surface area (Å²) in [5.41, 5.74) is -1.52. The van der Waals surface area contributed by atoms with Gasteiger partial charge in [-0.1, -0.05) is 19.8 Å². The Labute approximate surface area is 92.0 Å². The standard InChI is InChI=1S/C10H15F2NO3/c1-6-4-2-3-5-10(6,9(15)16)13-8(14)7(11)12/h6-7H,2-5H2,1H3,(H,13,14)(H,15,16). The number of hydrogen-bond acceptors (Lipinski definition) is 2. The minimum Gasteiger partial charge on any atom is -0.479 e. The fraction of sp³-hybridized carbons (Fsp3) is 0.800. The number of rotatable bonds is 3. The predicted molar refractivity (Wildman–Crippen MR) is 52.1 cm³/mol. The van der Waals surface area contributed by atoms with Crippen LogP contribution in [0.15, 0.2) is 0 Å². The lowest BCUT2D eigenvalue weighted by Gasteiger charge is -2.39. The van der Waals surface area contributed by atoms with Gasteiger partial charge in [-0.3, -0.25) is 4.79 Å². The Balaban J connectivity index is 2.87. The van der Waals surface area contributed by atoms with Crippen molar-refractivity contribution < 1.29 is 23.5 Å². The largest absolute Gasteiger partial charge is 0.479 e. The molecule has 0 bridgehead atoms. The molecule has 1 aliphatic rings. The Morgan fingerprint density at radius 1 is 1.44 bits per heavy atom. The summed E-state index contributed by atoms with van der Waals surface area (Å²) in [5, 5.41) is 11.1. The number of carboxylic acids is 1. The van der Waals surface area contributed by atoms with Gasteiger partial charge in [0.15, 0.2) is 0 Å². The second-order valence-corrected chi connectivity index (χ2v) is 4.21. The van der Waals surface area contributed by atoms with Gasteiger partial charge in [0.05, 0.1) is 0 Å². The molecular weight excluding hydrogens is 220 g/mol. The molecule has 2 atom stereocenters. The van der Waals surface area contributed by atoms with E-state index in [4.69, 9.17) is 5.11 Å². The second kappa shape index (κ2) is 4.76. The van der Waals surface area contributed by atoms with Gasteiger partial charge in [0.25, 0.3) is 5.91 Å². The van der Waals surface area contributed by atoms with Crippen molar-refractivity contribution in [2.24, 2.45) is 5.92 Å². The average molecular weight is 235 g/mol. The van der Waals surface area contributed by atoms with E-state index >= 15 is 0 Å². The Hall–Kier alpha value is -1.20. The maximum Gasteiger partial charge on any atom is 0.329 e. The Morgan fingerprint density at radius 3 is 2.50 bits per heavy atom. The highest BCUT2D eigenvalue weighted by atomic mass is 19.3. The van der Waals surface area contributed by atoms with Crippen molar-refractivity contribution in [3.05, 3.63) is 0 Å². The summed E-state index contributed by atoms with van der Waals surface area (Å²) in [6.07, 6.45) is -0.857. The van der Waals surface area contributed by atoms with Gasteiger partial charge >= 0.3 is 12.4 Å². The molecule has 1 rings (SSSR count). The SMILES string of the molecule is CC1CCCCC1(NC(=O)C(F)F)C(=O)O. The van der Waals surface area contributed by atoms with Crippen LogP contribution in [0.1, 0.15) is 32.6 Å². The van der Waals surface area contributed by atoms with Crippen LogP contribution in [-0.4, -0.2) is 28.9 Å². The molecule has 6 heteroatoms. The normalized spacial score (nSPS) is 30.1. The van der Waals surface area contributed by atoms with Crippen LogP contribution in [0.4, 0.5) is 8.78 Å². The van der Waals surface area contributed by atoms with Crippen molar-refractivity contribution >= 4 is 11.9 Å². The molecule has 0 aromatic rings. The first kappa shape index (κ1) is 12.9. The summed E-state index contributed by atoms with van der Waals surface area (Å²) in [6.45, 7) is 1.67. The first-order chi connectivity index (χ1) is 7.40. The highest BCUT2D eigenvalue weighted by molar-refractivity contribution is 5.88. The Bertz CT molecular complexity index is 296. The van der Waals surface area contributed by atoms with E-state index in [0.29, 0.717) is 12.8 Å². The first-order valence-corrected chi connectivity index (χ1v) is 5.23. The smallest absolute Gasteiger partial charge is 0.329 e. The molecule has 0 aliphatic heterocycles. The van der Waals surface area contributed by atoms with E-state index in [1.807, 2.05) is 5.32 Å². The zero-order chi connectivity index (χ0) is 12.3. The third-order valence-corrected chi connectivity index (χ3v) is 3.23. The molecule has 2 N–H and O–H groups in total. The molecule has 0 aromatic carbocycles. The molecular formula is C10H15F2NO3. The number of hydrogen-bond donors (Lipinski definition) is 2. The zero-order valence-corrected chi connectivity index (χ0v) is 9.00. The summed E-state index contributed by atoms with van der Waals surface area (Å²) >= 11 is 0. The molecule has 0 saturated heterocycles. The van der Waals surface area contributed by atoms with Gasteiger partial charge in [-0.25, -0.2) is 4.79 Å². The summed E-state index contributed by atoms with van der Waals surface area (Å²) in [7, 11) is 0. The summed E-state index contributed by atoms with van der Waals surface area (Å²) in [5.74, 6) is -3.06. The highest BCUT2D eigenvalue weighted by Gasteiger charge is 2.47. The second-order valence-electron chi connectivity index (χ2n) is 4.21. The fourth-order valence-corrected chi connectivity index (χ4v) is 2.18. The van der Waals surface area contributed by atoms with Gasteiger partial charge in [-0.2, -0.15) is 8.78 Å². The van der Waals surface area contributed by atoms with Gasteiger partial charge in [0, 0.05) is 0 Å². The minimum atomic E-state index is -3.18. The highest BCUT2D eigenvalue weighted by Crippen LogP contribution is 2.34. The van der Waals surface area contributed by atoms with Gasteiger partial charge in [0.2, 0.25) is 0 Å². The molecule has 0 spiro atoms. The Kier molecular flexibility index (Phi) is 3.83. The van der Waals surface area contributed by atoms with E-state index in [0.717, 1.165) is 6.42 Å². The van der Waals surface area contributed by atoms with Gasteiger partial charge < -0.3 is 10.4 Å². The molecule has 2 unspecified atom stereocenters. The maximum absolute atomic E-state index is 12.1. The van der Waals surface area contributed by atoms with Gasteiger partial charge in [0.1, 0.15) is 5.54 Å². The molecule has 1 amide bonds. The third-order valence-electron chi connectivity index (χ3n) is 3.23. The topological polar surface area (TPSA) is 66.4 Å². The number of nitrogens with one attached hydrogen (secondary N) is 1. The van der Waals surface area contributed by atoms with E-state index in [-0.39, 0.29) is 12.3 Å². The molecule has 1 fully saturated rings. The molecule has 4 nitrogen and oxygen atoms in total. The lowest BCUT2D eigenvalue weighted by atomic mass is 9.73. The van der Waals surface area contributed by atoms with Gasteiger partial charge in [-0.15, -0.1) is 0 Å². The van der Waals surface area contributed by atoms with Crippen LogP contribution >= 0.6 is 0 Å². The zero-order valence-electron chi connectivity index (χ0n) is 9.00. The van der Waals surface area contributed by atoms with Crippen LogP contribution in [0, 0.1) is 5.92 Å². The predicted octanol–water partition coefficient (Wildman–Crippen LogP) is 1.40. The van der Waals surface area contributed by atoms with Gasteiger partial charge in [-0.05, 0) is 18.8 Å². The molecule has 1 aliphatic carbocycles. The van der Waals surface area contributed by atoms with Crippen molar-refractivity contribution in [1.29, 1.82) is 0 Å².